The highest BCUT2D eigenvalue weighted by Gasteiger charge is 2.35. The Morgan fingerprint density at radius 1 is 0.957 bits per heavy atom. The zero-order valence-electron chi connectivity index (χ0n) is 13.5. The van der Waals surface area contributed by atoms with Gasteiger partial charge in [0.25, 0.3) is 0 Å². The lowest BCUT2D eigenvalue weighted by Gasteiger charge is -2.39. The summed E-state index contributed by atoms with van der Waals surface area (Å²) in [5.74, 6) is 0.601. The van der Waals surface area contributed by atoms with Crippen LogP contribution in [-0.4, -0.2) is 17.9 Å². The van der Waals surface area contributed by atoms with E-state index >= 15 is 0 Å². The van der Waals surface area contributed by atoms with Gasteiger partial charge in [-0.1, -0.05) is 36.8 Å². The number of ketones is 1. The van der Waals surface area contributed by atoms with Gasteiger partial charge in [-0.2, -0.15) is 0 Å². The highest BCUT2D eigenvalue weighted by molar-refractivity contribution is 6.11. The minimum absolute atomic E-state index is 0.213. The van der Waals surface area contributed by atoms with Crippen LogP contribution < -0.4 is 5.32 Å². The van der Waals surface area contributed by atoms with E-state index in [1.807, 2.05) is 0 Å². The molecule has 0 spiro atoms. The van der Waals surface area contributed by atoms with E-state index in [-0.39, 0.29) is 5.92 Å². The Morgan fingerprint density at radius 3 is 2.48 bits per heavy atom. The molecule has 2 aromatic carbocycles. The number of hydrogen-bond donors (Lipinski definition) is 1. The molecule has 23 heavy (non-hydrogen) atoms. The number of fused-ring (bicyclic) bond motifs is 2. The number of nitrogens with one attached hydrogen (secondary N) is 1. The fraction of sp³-hybridized carbons (Fsp3) is 0.476. The van der Waals surface area contributed by atoms with Gasteiger partial charge in [0.2, 0.25) is 0 Å². The predicted octanol–water partition coefficient (Wildman–Crippen LogP) is 4.04. The summed E-state index contributed by atoms with van der Waals surface area (Å²) in [5, 5.41) is 6.27. The third kappa shape index (κ3) is 2.15. The van der Waals surface area contributed by atoms with Crippen molar-refractivity contribution in [1.82, 2.24) is 5.32 Å². The van der Waals surface area contributed by atoms with Crippen LogP contribution in [0.2, 0.25) is 0 Å². The van der Waals surface area contributed by atoms with Gasteiger partial charge in [-0.3, -0.25) is 4.79 Å². The second kappa shape index (κ2) is 5.17. The molecule has 2 heteroatoms. The zero-order chi connectivity index (χ0) is 15.4. The minimum atomic E-state index is 0.213. The van der Waals surface area contributed by atoms with E-state index in [1.54, 1.807) is 0 Å². The van der Waals surface area contributed by atoms with E-state index in [1.165, 1.54) is 41.2 Å². The molecule has 118 valence electrons. The molecule has 0 saturated carbocycles. The second-order valence-corrected chi connectivity index (χ2v) is 7.64. The lowest BCUT2D eigenvalue weighted by atomic mass is 9.76. The predicted molar refractivity (Wildman–Crippen MR) is 93.0 cm³/mol. The van der Waals surface area contributed by atoms with Gasteiger partial charge in [0.05, 0.1) is 0 Å². The molecule has 0 aromatic heterocycles. The van der Waals surface area contributed by atoms with Gasteiger partial charge in [-0.15, -0.1) is 0 Å². The Bertz CT molecular complexity index is 772. The lowest BCUT2D eigenvalue weighted by Crippen LogP contribution is -2.50. The van der Waals surface area contributed by atoms with Crippen LogP contribution in [0.5, 0.6) is 0 Å². The van der Waals surface area contributed by atoms with Crippen molar-refractivity contribution in [3.05, 3.63) is 47.0 Å². The molecule has 2 fully saturated rings. The van der Waals surface area contributed by atoms with E-state index in [2.05, 4.69) is 35.6 Å². The molecule has 1 aliphatic carbocycles. The van der Waals surface area contributed by atoms with Crippen LogP contribution in [0.3, 0.4) is 0 Å². The van der Waals surface area contributed by atoms with Gasteiger partial charge >= 0.3 is 0 Å². The molecule has 3 aliphatic rings. The topological polar surface area (TPSA) is 29.1 Å². The first-order valence-corrected chi connectivity index (χ1v) is 9.13. The summed E-state index contributed by atoms with van der Waals surface area (Å²) in [6.45, 7) is 0. The van der Waals surface area contributed by atoms with Gasteiger partial charge in [-0.25, -0.2) is 0 Å². The molecule has 2 heterocycles. The molecule has 1 N–H and O–H groups in total. The number of rotatable bonds is 2. The highest BCUT2D eigenvalue weighted by Crippen LogP contribution is 2.36. The fourth-order valence-corrected chi connectivity index (χ4v) is 5.16. The molecule has 2 nitrogen and oxygen atoms in total. The van der Waals surface area contributed by atoms with Crippen LogP contribution >= 0.6 is 0 Å². The van der Waals surface area contributed by atoms with Crippen LogP contribution in [0.25, 0.3) is 10.8 Å². The van der Waals surface area contributed by atoms with Gasteiger partial charge in [-0.05, 0) is 60.4 Å². The summed E-state index contributed by atoms with van der Waals surface area (Å²) in [6.07, 6.45) is 8.11. The van der Waals surface area contributed by atoms with Crippen molar-refractivity contribution in [2.24, 2.45) is 5.92 Å². The third-order valence-corrected chi connectivity index (χ3v) is 6.23. The summed E-state index contributed by atoms with van der Waals surface area (Å²) in [7, 11) is 0. The average Bonchev–Trinajstić information content (AvgIpc) is 2.99. The number of carbonyl (C=O) groups is 1. The Balaban J connectivity index is 1.55. The van der Waals surface area contributed by atoms with Crippen molar-refractivity contribution in [1.29, 1.82) is 0 Å². The maximum Gasteiger partial charge on any atom is 0.166 e. The molecule has 2 unspecified atom stereocenters. The standard InChI is InChI=1S/C21H23NO/c23-21(15-11-16-4-2-5-17(12-15)22-16)19-10-9-14-8-7-13-3-1-6-18(19)20(13)14/h1,3,6,9-10,15-17,22H,2,4-5,7-8,11-12H2. The summed E-state index contributed by atoms with van der Waals surface area (Å²) < 4.78 is 0. The van der Waals surface area contributed by atoms with Gasteiger partial charge < -0.3 is 5.32 Å². The summed E-state index contributed by atoms with van der Waals surface area (Å²) in [5.41, 5.74) is 3.82. The minimum Gasteiger partial charge on any atom is -0.311 e. The molecule has 2 saturated heterocycles. The Morgan fingerprint density at radius 2 is 1.70 bits per heavy atom. The number of piperidine rings is 2. The molecule has 2 bridgehead atoms. The number of hydrogen-bond acceptors (Lipinski definition) is 2. The molecule has 2 aliphatic heterocycles. The monoisotopic (exact) mass is 305 g/mol. The second-order valence-electron chi connectivity index (χ2n) is 7.64. The molecule has 0 amide bonds. The van der Waals surface area contributed by atoms with Crippen LogP contribution in [0, 0.1) is 5.92 Å². The first kappa shape index (κ1) is 13.7. The van der Waals surface area contributed by atoms with Crippen molar-refractivity contribution in [3.8, 4) is 0 Å². The largest absolute Gasteiger partial charge is 0.311 e. The molecular formula is C21H23NO. The Labute approximate surface area is 137 Å². The smallest absolute Gasteiger partial charge is 0.166 e. The summed E-state index contributed by atoms with van der Waals surface area (Å²) >= 11 is 0. The number of aryl methyl sites for hydroxylation is 2. The summed E-state index contributed by atoms with van der Waals surface area (Å²) in [6, 6.07) is 11.9. The molecular weight excluding hydrogens is 282 g/mol. The third-order valence-electron chi connectivity index (χ3n) is 6.23. The maximum absolute atomic E-state index is 13.3. The molecule has 5 rings (SSSR count). The fourth-order valence-electron chi connectivity index (χ4n) is 5.16. The van der Waals surface area contributed by atoms with E-state index in [0.29, 0.717) is 17.9 Å². The molecule has 2 atom stereocenters. The van der Waals surface area contributed by atoms with Gasteiger partial charge in [0.1, 0.15) is 0 Å². The first-order valence-electron chi connectivity index (χ1n) is 9.13. The zero-order valence-corrected chi connectivity index (χ0v) is 13.5. The Hall–Kier alpha value is -1.67. The van der Waals surface area contributed by atoms with E-state index in [4.69, 9.17) is 0 Å². The van der Waals surface area contributed by atoms with Crippen molar-refractivity contribution >= 4 is 16.6 Å². The lowest BCUT2D eigenvalue weighted by molar-refractivity contribution is 0.0827. The number of Topliss-reactive ketones (excluding diaryl/α,β-unsaturated/α-hetero) is 1. The quantitative estimate of drug-likeness (QED) is 0.848. The van der Waals surface area contributed by atoms with E-state index < -0.39 is 0 Å². The van der Waals surface area contributed by atoms with Crippen molar-refractivity contribution in [2.45, 2.75) is 57.0 Å². The molecule has 0 radical (unpaired) electrons. The number of benzene rings is 2. The van der Waals surface area contributed by atoms with Crippen LogP contribution in [0.1, 0.15) is 53.6 Å². The number of carbonyl (C=O) groups excluding carboxylic acids is 1. The van der Waals surface area contributed by atoms with E-state index in [9.17, 15) is 4.79 Å². The van der Waals surface area contributed by atoms with Crippen LogP contribution in [0.15, 0.2) is 30.3 Å². The van der Waals surface area contributed by atoms with Crippen molar-refractivity contribution < 1.29 is 4.79 Å². The SMILES string of the molecule is O=C(c1ccc2c3c(cccc13)CC2)C1CC2CCCC(C1)N2. The van der Waals surface area contributed by atoms with Crippen molar-refractivity contribution in [3.63, 3.8) is 0 Å². The average molecular weight is 305 g/mol. The normalized spacial score (nSPS) is 29.0. The van der Waals surface area contributed by atoms with Crippen LogP contribution in [-0.2, 0) is 12.8 Å². The highest BCUT2D eigenvalue weighted by atomic mass is 16.1. The molecule has 2 aromatic rings. The van der Waals surface area contributed by atoms with Gasteiger partial charge in [0, 0.05) is 23.6 Å². The van der Waals surface area contributed by atoms with E-state index in [0.717, 1.165) is 31.2 Å². The Kier molecular flexibility index (Phi) is 3.09. The van der Waals surface area contributed by atoms with Crippen LogP contribution in [0.4, 0.5) is 0 Å². The van der Waals surface area contributed by atoms with Gasteiger partial charge in [0.15, 0.2) is 5.78 Å². The maximum atomic E-state index is 13.3. The summed E-state index contributed by atoms with van der Waals surface area (Å²) in [4.78, 5) is 13.3. The first-order chi connectivity index (χ1) is 11.3. The van der Waals surface area contributed by atoms with Crippen molar-refractivity contribution in [2.75, 3.05) is 0 Å².